The van der Waals surface area contributed by atoms with E-state index < -0.39 is 21.4 Å². The van der Waals surface area contributed by atoms with Crippen LogP contribution in [0.5, 0.6) is 0 Å². The van der Waals surface area contributed by atoms with Crippen LogP contribution in [0.25, 0.3) is 0 Å². The molecule has 0 saturated carbocycles. The number of carbonyl (C=O) groups is 1. The number of carbonyl (C=O) groups excluding carboxylic acids is 1. The monoisotopic (exact) mass is 340 g/mol. The van der Waals surface area contributed by atoms with Gasteiger partial charge < -0.3 is 0 Å². The highest BCUT2D eigenvalue weighted by atomic mass is 79.9. The summed E-state index contributed by atoms with van der Waals surface area (Å²) >= 11 is 3.11. The Morgan fingerprint density at radius 2 is 1.68 bits per heavy atom. The summed E-state index contributed by atoms with van der Waals surface area (Å²) in [4.78, 5) is 19.3. The Bertz CT molecular complexity index is 685. The second-order valence-electron chi connectivity index (χ2n) is 3.73. The summed E-state index contributed by atoms with van der Waals surface area (Å²) in [5.74, 6) is -1.12. The smallest absolute Gasteiger partial charge is 0.247 e. The number of sulfone groups is 1. The van der Waals surface area contributed by atoms with Gasteiger partial charge in [0.15, 0.2) is 5.78 Å². The van der Waals surface area contributed by atoms with Gasteiger partial charge in [-0.05, 0) is 15.9 Å². The van der Waals surface area contributed by atoms with Crippen LogP contribution in [0.15, 0.2) is 52.4 Å². The van der Waals surface area contributed by atoms with E-state index in [0.717, 1.165) is 0 Å². The Hall–Kier alpha value is -1.60. The molecule has 1 aromatic carbocycles. The lowest BCUT2D eigenvalue weighted by molar-refractivity contribution is 0.102. The Balaban J connectivity index is 2.23. The molecule has 0 unspecified atom stereocenters. The minimum Gasteiger partial charge on any atom is -0.293 e. The predicted octanol–water partition coefficient (Wildman–Crippen LogP) is 1.90. The Morgan fingerprint density at radius 3 is 2.26 bits per heavy atom. The summed E-state index contributed by atoms with van der Waals surface area (Å²) < 4.78 is 24.5. The van der Waals surface area contributed by atoms with Crippen molar-refractivity contribution in [2.45, 2.75) is 5.16 Å². The number of hydrogen-bond acceptors (Lipinski definition) is 5. The van der Waals surface area contributed by atoms with Crippen molar-refractivity contribution in [3.63, 3.8) is 0 Å². The molecule has 0 amide bonds. The molecule has 0 aliphatic rings. The highest BCUT2D eigenvalue weighted by molar-refractivity contribution is 9.10. The maximum atomic E-state index is 12.0. The van der Waals surface area contributed by atoms with Crippen molar-refractivity contribution < 1.29 is 13.2 Å². The maximum absolute atomic E-state index is 12.0. The number of nitrogens with zero attached hydrogens (tertiary/aromatic N) is 2. The van der Waals surface area contributed by atoms with Crippen molar-refractivity contribution in [3.8, 4) is 0 Å². The molecule has 0 aliphatic carbocycles. The number of ketones is 1. The fourth-order valence-corrected chi connectivity index (χ4v) is 2.68. The molecule has 2 aromatic rings. The standard InChI is InChI=1S/C12H9BrN2O3S/c13-10-6-14-12(15-7-10)19(17,18)8-11(16)9-4-2-1-3-5-9/h1-7H,8H2. The van der Waals surface area contributed by atoms with E-state index in [9.17, 15) is 13.2 Å². The molecule has 2 rings (SSSR count). The summed E-state index contributed by atoms with van der Waals surface area (Å²) in [6.45, 7) is 0. The van der Waals surface area contributed by atoms with Crippen LogP contribution >= 0.6 is 15.9 Å². The minimum atomic E-state index is -3.82. The number of hydrogen-bond donors (Lipinski definition) is 0. The van der Waals surface area contributed by atoms with Crippen molar-refractivity contribution in [2.75, 3.05) is 5.75 Å². The van der Waals surface area contributed by atoms with Crippen LogP contribution in [0.3, 0.4) is 0 Å². The maximum Gasteiger partial charge on any atom is 0.247 e. The van der Waals surface area contributed by atoms with Crippen molar-refractivity contribution >= 4 is 31.6 Å². The van der Waals surface area contributed by atoms with Crippen LogP contribution in [0.1, 0.15) is 10.4 Å². The molecular weight excluding hydrogens is 332 g/mol. The van der Waals surface area contributed by atoms with Gasteiger partial charge in [-0.2, -0.15) is 0 Å². The summed E-state index contributed by atoms with van der Waals surface area (Å²) in [7, 11) is -3.82. The van der Waals surface area contributed by atoms with E-state index in [0.29, 0.717) is 10.0 Å². The van der Waals surface area contributed by atoms with Crippen LogP contribution in [-0.4, -0.2) is 29.9 Å². The highest BCUT2D eigenvalue weighted by Crippen LogP contribution is 2.11. The van der Waals surface area contributed by atoms with Gasteiger partial charge in [0.05, 0.1) is 4.47 Å². The molecule has 0 aliphatic heterocycles. The van der Waals surface area contributed by atoms with Crippen molar-refractivity contribution in [3.05, 3.63) is 52.8 Å². The van der Waals surface area contributed by atoms with E-state index in [4.69, 9.17) is 0 Å². The molecule has 7 heteroatoms. The van der Waals surface area contributed by atoms with E-state index >= 15 is 0 Å². The number of halogens is 1. The van der Waals surface area contributed by atoms with E-state index in [1.165, 1.54) is 12.4 Å². The zero-order chi connectivity index (χ0) is 13.9. The average molecular weight is 341 g/mol. The van der Waals surface area contributed by atoms with Crippen molar-refractivity contribution in [1.82, 2.24) is 9.97 Å². The zero-order valence-electron chi connectivity index (χ0n) is 9.65. The van der Waals surface area contributed by atoms with E-state index in [-0.39, 0.29) is 5.16 Å². The fourth-order valence-electron chi connectivity index (χ4n) is 1.41. The lowest BCUT2D eigenvalue weighted by Crippen LogP contribution is -2.18. The molecule has 0 atom stereocenters. The minimum absolute atomic E-state index is 0.347. The molecule has 0 bridgehead atoms. The molecule has 0 N–H and O–H groups in total. The van der Waals surface area contributed by atoms with Gasteiger partial charge >= 0.3 is 0 Å². The quantitative estimate of drug-likeness (QED) is 0.627. The van der Waals surface area contributed by atoms with Crippen molar-refractivity contribution in [2.24, 2.45) is 0 Å². The zero-order valence-corrected chi connectivity index (χ0v) is 12.1. The summed E-state index contributed by atoms with van der Waals surface area (Å²) in [5, 5.41) is -0.347. The number of benzene rings is 1. The van der Waals surface area contributed by atoms with Gasteiger partial charge in [-0.1, -0.05) is 30.3 Å². The average Bonchev–Trinajstić information content (AvgIpc) is 2.40. The molecule has 5 nitrogen and oxygen atoms in total. The normalized spacial score (nSPS) is 11.2. The third kappa shape index (κ3) is 3.45. The van der Waals surface area contributed by atoms with E-state index in [2.05, 4.69) is 25.9 Å². The molecule has 1 aromatic heterocycles. The number of Topliss-reactive ketones (excluding diaryl/α,β-unsaturated/α-hetero) is 1. The molecule has 0 radical (unpaired) electrons. The first-order chi connectivity index (χ1) is 8.99. The van der Waals surface area contributed by atoms with Crippen LogP contribution < -0.4 is 0 Å². The molecule has 98 valence electrons. The van der Waals surface area contributed by atoms with Crippen LogP contribution in [-0.2, 0) is 9.84 Å². The Morgan fingerprint density at radius 1 is 1.11 bits per heavy atom. The second-order valence-corrected chi connectivity index (χ2v) is 6.53. The van der Waals surface area contributed by atoms with Crippen LogP contribution in [0.4, 0.5) is 0 Å². The SMILES string of the molecule is O=C(CS(=O)(=O)c1ncc(Br)cn1)c1ccccc1. The second kappa shape index (κ2) is 5.58. The molecule has 19 heavy (non-hydrogen) atoms. The van der Waals surface area contributed by atoms with Gasteiger partial charge in [-0.25, -0.2) is 18.4 Å². The largest absolute Gasteiger partial charge is 0.293 e. The number of aromatic nitrogens is 2. The van der Waals surface area contributed by atoms with Gasteiger partial charge in [0.1, 0.15) is 5.75 Å². The Labute approximate surface area is 118 Å². The topological polar surface area (TPSA) is 77.0 Å². The van der Waals surface area contributed by atoms with Crippen LogP contribution in [0.2, 0.25) is 0 Å². The van der Waals surface area contributed by atoms with Gasteiger partial charge in [0.2, 0.25) is 15.0 Å². The lowest BCUT2D eigenvalue weighted by atomic mass is 10.2. The van der Waals surface area contributed by atoms with Gasteiger partial charge in [-0.15, -0.1) is 0 Å². The third-order valence-corrected chi connectivity index (χ3v) is 4.11. The van der Waals surface area contributed by atoms with Crippen LogP contribution in [0, 0.1) is 0 Å². The van der Waals surface area contributed by atoms with Crippen molar-refractivity contribution in [1.29, 1.82) is 0 Å². The first-order valence-electron chi connectivity index (χ1n) is 5.27. The van der Waals surface area contributed by atoms with Gasteiger partial charge in [0.25, 0.3) is 0 Å². The predicted molar refractivity (Wildman–Crippen MR) is 72.6 cm³/mol. The molecular formula is C12H9BrN2O3S. The number of rotatable bonds is 4. The highest BCUT2D eigenvalue weighted by Gasteiger charge is 2.22. The summed E-state index contributed by atoms with van der Waals surface area (Å²) in [6.07, 6.45) is 2.65. The first kappa shape index (κ1) is 13.8. The first-order valence-corrected chi connectivity index (χ1v) is 7.72. The van der Waals surface area contributed by atoms with Gasteiger partial charge in [0, 0.05) is 18.0 Å². The molecule has 0 spiro atoms. The third-order valence-electron chi connectivity index (χ3n) is 2.29. The van der Waals surface area contributed by atoms with E-state index in [1.807, 2.05) is 0 Å². The fraction of sp³-hybridized carbons (Fsp3) is 0.0833. The Kier molecular flexibility index (Phi) is 4.06. The summed E-state index contributed by atoms with van der Waals surface area (Å²) in [6, 6.07) is 8.25. The van der Waals surface area contributed by atoms with Gasteiger partial charge in [-0.3, -0.25) is 4.79 Å². The molecule has 1 heterocycles. The molecule has 0 saturated heterocycles. The van der Waals surface area contributed by atoms with E-state index in [1.54, 1.807) is 30.3 Å². The molecule has 0 fully saturated rings. The summed E-state index contributed by atoms with van der Waals surface area (Å²) in [5.41, 5.74) is 0.350. The lowest BCUT2D eigenvalue weighted by Gasteiger charge is -2.02.